The Bertz CT molecular complexity index is 1180. The number of carbonyl (C=O) groups is 3. The van der Waals surface area contributed by atoms with Crippen molar-refractivity contribution in [2.45, 2.75) is 0 Å². The van der Waals surface area contributed by atoms with Gasteiger partial charge in [-0.1, -0.05) is 30.3 Å². The van der Waals surface area contributed by atoms with Crippen molar-refractivity contribution in [3.8, 4) is 11.5 Å². The fraction of sp³-hybridized carbons (Fsp3) is 0.0833. The number of nitrogens with zero attached hydrogens (tertiary/aromatic N) is 1. The van der Waals surface area contributed by atoms with E-state index in [4.69, 9.17) is 9.47 Å². The van der Waals surface area contributed by atoms with Gasteiger partial charge in [-0.05, 0) is 70.6 Å². The summed E-state index contributed by atoms with van der Waals surface area (Å²) in [6, 6.07) is 20.5. The molecule has 0 saturated carbocycles. The number of ether oxygens (including phenoxy) is 2. The average Bonchev–Trinajstić information content (AvgIpc) is 2.84. The number of hydrogen-bond donors (Lipinski definition) is 2. The van der Waals surface area contributed by atoms with Gasteiger partial charge in [0.05, 0.1) is 31.0 Å². The molecule has 0 fully saturated rings. The first-order valence-electron chi connectivity index (χ1n) is 9.78. The third kappa shape index (κ3) is 6.88. The SMILES string of the molecule is COc1cc(/C=N\NC(=O)CNC(=O)c2ccccc2I)ccc1OC(=O)c1ccccc1. The van der Waals surface area contributed by atoms with Gasteiger partial charge in [-0.2, -0.15) is 5.10 Å². The number of amides is 2. The lowest BCUT2D eigenvalue weighted by atomic mass is 10.2. The summed E-state index contributed by atoms with van der Waals surface area (Å²) in [5, 5.41) is 6.43. The molecule has 0 heterocycles. The second-order valence-corrected chi connectivity index (χ2v) is 7.78. The number of halogens is 1. The van der Waals surface area contributed by atoms with Gasteiger partial charge in [-0.25, -0.2) is 10.2 Å². The highest BCUT2D eigenvalue weighted by Gasteiger charge is 2.13. The van der Waals surface area contributed by atoms with E-state index in [0.717, 1.165) is 3.57 Å². The molecule has 0 aliphatic rings. The van der Waals surface area contributed by atoms with Crippen LogP contribution in [0, 0.1) is 3.57 Å². The van der Waals surface area contributed by atoms with E-state index >= 15 is 0 Å². The Labute approximate surface area is 204 Å². The van der Waals surface area contributed by atoms with Gasteiger partial charge in [0.25, 0.3) is 11.8 Å². The van der Waals surface area contributed by atoms with Crippen molar-refractivity contribution in [3.05, 3.63) is 93.1 Å². The summed E-state index contributed by atoms with van der Waals surface area (Å²) in [4.78, 5) is 36.4. The molecule has 3 rings (SSSR count). The van der Waals surface area contributed by atoms with Crippen LogP contribution in [-0.2, 0) is 4.79 Å². The fourth-order valence-corrected chi connectivity index (χ4v) is 3.33. The van der Waals surface area contributed by atoms with E-state index in [1.54, 1.807) is 54.6 Å². The lowest BCUT2D eigenvalue weighted by Gasteiger charge is -2.10. The molecule has 9 heteroatoms. The minimum atomic E-state index is -0.505. The van der Waals surface area contributed by atoms with E-state index in [0.29, 0.717) is 22.4 Å². The van der Waals surface area contributed by atoms with Crippen molar-refractivity contribution in [2.75, 3.05) is 13.7 Å². The van der Waals surface area contributed by atoms with Gasteiger partial charge in [0.15, 0.2) is 11.5 Å². The molecule has 0 radical (unpaired) electrons. The van der Waals surface area contributed by atoms with Crippen LogP contribution in [-0.4, -0.2) is 37.7 Å². The first-order chi connectivity index (χ1) is 16.0. The molecular weight excluding hydrogens is 537 g/mol. The van der Waals surface area contributed by atoms with E-state index in [9.17, 15) is 14.4 Å². The van der Waals surface area contributed by atoms with Gasteiger partial charge in [0.2, 0.25) is 0 Å². The molecule has 0 unspecified atom stereocenters. The number of hydrogen-bond acceptors (Lipinski definition) is 6. The van der Waals surface area contributed by atoms with Crippen molar-refractivity contribution >= 4 is 46.6 Å². The smallest absolute Gasteiger partial charge is 0.343 e. The van der Waals surface area contributed by atoms with Crippen molar-refractivity contribution in [1.29, 1.82) is 0 Å². The summed E-state index contributed by atoms with van der Waals surface area (Å²) in [7, 11) is 1.45. The van der Waals surface area contributed by atoms with Crippen LogP contribution in [0.2, 0.25) is 0 Å². The van der Waals surface area contributed by atoms with Crippen LogP contribution in [0.1, 0.15) is 26.3 Å². The second-order valence-electron chi connectivity index (χ2n) is 6.62. The standard InChI is InChI=1S/C24H20IN3O5/c1-32-21-13-16(11-12-20(21)33-24(31)17-7-3-2-4-8-17)14-27-28-22(29)15-26-23(30)18-9-5-6-10-19(18)25/h2-14H,15H2,1H3,(H,26,30)(H,28,29)/b27-14-. The number of esters is 1. The Morgan fingerprint density at radius 2 is 1.70 bits per heavy atom. The maximum atomic E-state index is 12.3. The zero-order valence-electron chi connectivity index (χ0n) is 17.6. The van der Waals surface area contributed by atoms with Gasteiger partial charge < -0.3 is 14.8 Å². The van der Waals surface area contributed by atoms with Crippen LogP contribution < -0.4 is 20.2 Å². The Kier molecular flexibility index (Phi) is 8.53. The maximum Gasteiger partial charge on any atom is 0.343 e. The first-order valence-corrected chi connectivity index (χ1v) is 10.9. The van der Waals surface area contributed by atoms with Crippen molar-refractivity contribution in [3.63, 3.8) is 0 Å². The zero-order chi connectivity index (χ0) is 23.6. The number of rotatable bonds is 8. The minimum absolute atomic E-state index is 0.223. The highest BCUT2D eigenvalue weighted by molar-refractivity contribution is 14.1. The number of carbonyl (C=O) groups excluding carboxylic acids is 3. The van der Waals surface area contributed by atoms with Gasteiger partial charge >= 0.3 is 5.97 Å². The average molecular weight is 557 g/mol. The van der Waals surface area contributed by atoms with E-state index in [1.807, 2.05) is 18.2 Å². The highest BCUT2D eigenvalue weighted by atomic mass is 127. The number of benzene rings is 3. The van der Waals surface area contributed by atoms with Crippen LogP contribution in [0.15, 0.2) is 77.9 Å². The van der Waals surface area contributed by atoms with Gasteiger partial charge in [-0.15, -0.1) is 0 Å². The van der Waals surface area contributed by atoms with E-state index in [2.05, 4.69) is 38.4 Å². The van der Waals surface area contributed by atoms with Crippen molar-refractivity contribution in [1.82, 2.24) is 10.7 Å². The third-order valence-electron chi connectivity index (χ3n) is 4.33. The molecule has 0 aliphatic carbocycles. The molecule has 0 bridgehead atoms. The Morgan fingerprint density at radius 3 is 2.42 bits per heavy atom. The normalized spacial score (nSPS) is 10.5. The lowest BCUT2D eigenvalue weighted by molar-refractivity contribution is -0.120. The van der Waals surface area contributed by atoms with Gasteiger partial charge in [-0.3, -0.25) is 9.59 Å². The Balaban J connectivity index is 1.54. The van der Waals surface area contributed by atoms with Crippen LogP contribution >= 0.6 is 22.6 Å². The van der Waals surface area contributed by atoms with E-state index in [-0.39, 0.29) is 18.2 Å². The van der Waals surface area contributed by atoms with Crippen molar-refractivity contribution in [2.24, 2.45) is 5.10 Å². The summed E-state index contributed by atoms with van der Waals surface area (Å²) in [5.74, 6) is -0.740. The summed E-state index contributed by atoms with van der Waals surface area (Å²) >= 11 is 2.06. The molecule has 3 aromatic carbocycles. The third-order valence-corrected chi connectivity index (χ3v) is 5.27. The topological polar surface area (TPSA) is 106 Å². The summed E-state index contributed by atoms with van der Waals surface area (Å²) in [6.45, 7) is -0.223. The van der Waals surface area contributed by atoms with Crippen LogP contribution in [0.4, 0.5) is 0 Å². The monoisotopic (exact) mass is 557 g/mol. The molecule has 0 aromatic heterocycles. The highest BCUT2D eigenvalue weighted by Crippen LogP contribution is 2.28. The molecular formula is C24H20IN3O5. The molecule has 0 saturated heterocycles. The van der Waals surface area contributed by atoms with E-state index < -0.39 is 11.9 Å². The molecule has 0 atom stereocenters. The van der Waals surface area contributed by atoms with Crippen LogP contribution in [0.3, 0.4) is 0 Å². The van der Waals surface area contributed by atoms with E-state index in [1.165, 1.54) is 13.3 Å². The molecule has 2 N–H and O–H groups in total. The molecule has 0 aliphatic heterocycles. The fourth-order valence-electron chi connectivity index (χ4n) is 2.70. The summed E-state index contributed by atoms with van der Waals surface area (Å²) < 4.78 is 11.5. The molecule has 8 nitrogen and oxygen atoms in total. The lowest BCUT2D eigenvalue weighted by Crippen LogP contribution is -2.35. The molecule has 33 heavy (non-hydrogen) atoms. The largest absolute Gasteiger partial charge is 0.493 e. The predicted octanol–water partition coefficient (Wildman–Crippen LogP) is 3.40. The Morgan fingerprint density at radius 1 is 0.970 bits per heavy atom. The van der Waals surface area contributed by atoms with Crippen LogP contribution in [0.25, 0.3) is 0 Å². The molecule has 3 aromatic rings. The summed E-state index contributed by atoms with van der Waals surface area (Å²) in [5.41, 5.74) is 3.87. The number of hydrazone groups is 1. The molecule has 0 spiro atoms. The predicted molar refractivity (Wildman–Crippen MR) is 132 cm³/mol. The van der Waals surface area contributed by atoms with Gasteiger partial charge in [0.1, 0.15) is 0 Å². The number of nitrogens with one attached hydrogen (secondary N) is 2. The minimum Gasteiger partial charge on any atom is -0.493 e. The summed E-state index contributed by atoms with van der Waals surface area (Å²) in [6.07, 6.45) is 1.41. The molecule has 168 valence electrons. The van der Waals surface area contributed by atoms with Crippen LogP contribution in [0.5, 0.6) is 11.5 Å². The number of methoxy groups -OCH3 is 1. The first kappa shape index (κ1) is 23.9. The molecule has 2 amide bonds. The maximum absolute atomic E-state index is 12.3. The quantitative estimate of drug-likeness (QED) is 0.145. The zero-order valence-corrected chi connectivity index (χ0v) is 19.7. The Hall–Kier alpha value is -3.73. The second kappa shape index (κ2) is 11.8. The van der Waals surface area contributed by atoms with Crippen molar-refractivity contribution < 1.29 is 23.9 Å². The van der Waals surface area contributed by atoms with Gasteiger partial charge in [0, 0.05) is 3.57 Å².